The zero-order valence-electron chi connectivity index (χ0n) is 12.6. The van der Waals surface area contributed by atoms with E-state index in [2.05, 4.69) is 10.3 Å². The Morgan fingerprint density at radius 3 is 2.70 bits per heavy atom. The van der Waals surface area contributed by atoms with Crippen molar-refractivity contribution in [1.29, 1.82) is 0 Å². The van der Waals surface area contributed by atoms with E-state index in [4.69, 9.17) is 11.6 Å². The highest BCUT2D eigenvalue weighted by Gasteiger charge is 2.11. The summed E-state index contributed by atoms with van der Waals surface area (Å²) in [7, 11) is 0. The zero-order valence-corrected chi connectivity index (χ0v) is 13.4. The van der Waals surface area contributed by atoms with Gasteiger partial charge in [-0.1, -0.05) is 23.7 Å². The first kappa shape index (κ1) is 15.2. The molecule has 23 heavy (non-hydrogen) atoms. The van der Waals surface area contributed by atoms with Gasteiger partial charge in [0.1, 0.15) is 5.82 Å². The Kier molecular flexibility index (Phi) is 3.88. The fourth-order valence-electron chi connectivity index (χ4n) is 2.49. The monoisotopic (exact) mass is 327 g/mol. The lowest BCUT2D eigenvalue weighted by Crippen LogP contribution is -2.22. The lowest BCUT2D eigenvalue weighted by Gasteiger charge is -2.13. The molecule has 0 saturated carbocycles. The van der Waals surface area contributed by atoms with Crippen LogP contribution in [0.5, 0.6) is 0 Å². The molecule has 0 spiro atoms. The Hall–Kier alpha value is -2.66. The van der Waals surface area contributed by atoms with Crippen molar-refractivity contribution in [2.45, 2.75) is 13.8 Å². The summed E-state index contributed by atoms with van der Waals surface area (Å²) in [5, 5.41) is 3.59. The highest BCUT2D eigenvalue weighted by molar-refractivity contribution is 6.33. The van der Waals surface area contributed by atoms with E-state index in [0.717, 1.165) is 0 Å². The topological polar surface area (TPSA) is 64.0 Å². The predicted octanol–water partition coefficient (Wildman–Crippen LogP) is 3.31. The Bertz CT molecular complexity index is 979. The Labute approximate surface area is 137 Å². The molecule has 1 heterocycles. The van der Waals surface area contributed by atoms with Gasteiger partial charge in [0.25, 0.3) is 5.56 Å². The minimum absolute atomic E-state index is 0.163. The van der Waals surface area contributed by atoms with Gasteiger partial charge in [-0.3, -0.25) is 14.2 Å². The number of aromatic nitrogens is 2. The number of hydrogen-bond acceptors (Lipinski definition) is 3. The molecule has 1 amide bonds. The van der Waals surface area contributed by atoms with Crippen LogP contribution >= 0.6 is 11.6 Å². The number of amides is 1. The summed E-state index contributed by atoms with van der Waals surface area (Å²) in [6.07, 6.45) is 0. The predicted molar refractivity (Wildman–Crippen MR) is 91.4 cm³/mol. The van der Waals surface area contributed by atoms with Crippen LogP contribution in [0, 0.1) is 6.92 Å². The van der Waals surface area contributed by atoms with Crippen molar-refractivity contribution in [2.75, 3.05) is 5.32 Å². The molecule has 0 aliphatic heterocycles. The molecule has 0 radical (unpaired) electrons. The molecular formula is C17H14ClN3O2. The molecule has 6 heteroatoms. The summed E-state index contributed by atoms with van der Waals surface area (Å²) < 4.78 is 1.50. The first-order chi connectivity index (χ1) is 11.0. The van der Waals surface area contributed by atoms with Crippen LogP contribution in [0.3, 0.4) is 0 Å². The van der Waals surface area contributed by atoms with Crippen LogP contribution in [0.2, 0.25) is 5.02 Å². The molecule has 0 aliphatic carbocycles. The first-order valence-corrected chi connectivity index (χ1v) is 7.41. The SMILES string of the molecule is CC(=O)Nc1cc(-n2c(C)nc3ccccc3c2=O)ccc1Cl. The lowest BCUT2D eigenvalue weighted by atomic mass is 10.2. The van der Waals surface area contributed by atoms with Crippen LogP contribution in [0.1, 0.15) is 12.7 Å². The highest BCUT2D eigenvalue weighted by atomic mass is 35.5. The number of nitrogens with one attached hydrogen (secondary N) is 1. The smallest absolute Gasteiger partial charge is 0.265 e. The second-order valence-corrected chi connectivity index (χ2v) is 5.57. The number of rotatable bonds is 2. The summed E-state index contributed by atoms with van der Waals surface area (Å²) in [6.45, 7) is 3.17. The van der Waals surface area contributed by atoms with Gasteiger partial charge in [0.15, 0.2) is 0 Å². The van der Waals surface area contributed by atoms with Gasteiger partial charge < -0.3 is 5.32 Å². The quantitative estimate of drug-likeness (QED) is 0.785. The van der Waals surface area contributed by atoms with Gasteiger partial charge in [0.2, 0.25) is 5.91 Å². The maximum absolute atomic E-state index is 12.8. The fraction of sp³-hybridized carbons (Fsp3) is 0.118. The number of carbonyl (C=O) groups excluding carboxylic acids is 1. The summed E-state index contributed by atoms with van der Waals surface area (Å²) >= 11 is 6.08. The van der Waals surface area contributed by atoms with E-state index in [1.54, 1.807) is 43.3 Å². The number of aryl methyl sites for hydroxylation is 1. The number of hydrogen-bond donors (Lipinski definition) is 1. The van der Waals surface area contributed by atoms with E-state index >= 15 is 0 Å². The minimum Gasteiger partial charge on any atom is -0.325 e. The number of nitrogens with zero attached hydrogens (tertiary/aromatic N) is 2. The molecule has 0 bridgehead atoms. The third-order valence-electron chi connectivity index (χ3n) is 3.46. The largest absolute Gasteiger partial charge is 0.325 e. The van der Waals surface area contributed by atoms with E-state index in [1.807, 2.05) is 6.07 Å². The van der Waals surface area contributed by atoms with Gasteiger partial charge in [0.05, 0.1) is 27.3 Å². The van der Waals surface area contributed by atoms with E-state index in [9.17, 15) is 9.59 Å². The molecule has 0 fully saturated rings. The van der Waals surface area contributed by atoms with Crippen molar-refractivity contribution >= 4 is 34.1 Å². The normalized spacial score (nSPS) is 10.7. The maximum Gasteiger partial charge on any atom is 0.265 e. The Balaban J connectivity index is 2.25. The number of carbonyl (C=O) groups is 1. The van der Waals surface area contributed by atoms with Crippen LogP contribution < -0.4 is 10.9 Å². The summed E-state index contributed by atoms with van der Waals surface area (Å²) in [6, 6.07) is 12.2. The average molecular weight is 328 g/mol. The summed E-state index contributed by atoms with van der Waals surface area (Å²) in [5.74, 6) is 0.328. The van der Waals surface area contributed by atoms with Gasteiger partial charge in [-0.2, -0.15) is 0 Å². The van der Waals surface area contributed by atoms with Crippen LogP contribution in [-0.4, -0.2) is 15.5 Å². The van der Waals surface area contributed by atoms with Gasteiger partial charge in [-0.25, -0.2) is 4.98 Å². The molecule has 1 N–H and O–H groups in total. The molecule has 2 aromatic carbocycles. The van der Waals surface area contributed by atoms with Crippen molar-refractivity contribution in [2.24, 2.45) is 0 Å². The van der Waals surface area contributed by atoms with Crippen molar-refractivity contribution in [3.8, 4) is 5.69 Å². The minimum atomic E-state index is -0.232. The van der Waals surface area contributed by atoms with Crippen molar-refractivity contribution in [3.05, 3.63) is 63.7 Å². The van der Waals surface area contributed by atoms with Gasteiger partial charge >= 0.3 is 0 Å². The van der Waals surface area contributed by atoms with Crippen molar-refractivity contribution in [1.82, 2.24) is 9.55 Å². The number of benzene rings is 2. The number of anilines is 1. The Morgan fingerprint density at radius 2 is 1.96 bits per heavy atom. The molecule has 0 aliphatic rings. The molecular weight excluding hydrogens is 314 g/mol. The molecule has 3 rings (SSSR count). The molecule has 116 valence electrons. The maximum atomic E-state index is 12.8. The van der Waals surface area contributed by atoms with E-state index in [0.29, 0.717) is 33.1 Å². The third-order valence-corrected chi connectivity index (χ3v) is 3.79. The first-order valence-electron chi connectivity index (χ1n) is 7.03. The van der Waals surface area contributed by atoms with Crippen LogP contribution in [-0.2, 0) is 4.79 Å². The summed E-state index contributed by atoms with van der Waals surface area (Å²) in [5.41, 5.74) is 1.54. The molecule has 1 aromatic heterocycles. The van der Waals surface area contributed by atoms with Gasteiger partial charge in [-0.05, 0) is 37.3 Å². The molecule has 0 unspecified atom stereocenters. The number of para-hydroxylation sites is 1. The molecule has 5 nitrogen and oxygen atoms in total. The van der Waals surface area contributed by atoms with E-state index < -0.39 is 0 Å². The second-order valence-electron chi connectivity index (χ2n) is 5.16. The van der Waals surface area contributed by atoms with Gasteiger partial charge in [-0.15, -0.1) is 0 Å². The van der Waals surface area contributed by atoms with Crippen LogP contribution in [0.4, 0.5) is 5.69 Å². The van der Waals surface area contributed by atoms with Crippen molar-refractivity contribution in [3.63, 3.8) is 0 Å². The molecule has 0 atom stereocenters. The number of fused-ring (bicyclic) bond motifs is 1. The highest BCUT2D eigenvalue weighted by Crippen LogP contribution is 2.25. The lowest BCUT2D eigenvalue weighted by molar-refractivity contribution is -0.114. The second kappa shape index (κ2) is 5.85. The third kappa shape index (κ3) is 2.83. The van der Waals surface area contributed by atoms with Crippen LogP contribution in [0.25, 0.3) is 16.6 Å². The van der Waals surface area contributed by atoms with Crippen molar-refractivity contribution < 1.29 is 4.79 Å². The number of halogens is 1. The fourth-order valence-corrected chi connectivity index (χ4v) is 2.65. The standard InChI is InChI=1S/C17H14ClN3O2/c1-10-19-15-6-4-3-5-13(15)17(23)21(10)12-7-8-14(18)16(9-12)20-11(2)22/h3-9H,1-2H3,(H,20,22). The summed E-state index contributed by atoms with van der Waals surface area (Å²) in [4.78, 5) is 28.5. The average Bonchev–Trinajstić information content (AvgIpc) is 2.50. The van der Waals surface area contributed by atoms with E-state index in [1.165, 1.54) is 11.5 Å². The Morgan fingerprint density at radius 1 is 1.22 bits per heavy atom. The zero-order chi connectivity index (χ0) is 16.6. The molecule has 0 saturated heterocycles. The van der Waals surface area contributed by atoms with Crippen LogP contribution in [0.15, 0.2) is 47.3 Å². The van der Waals surface area contributed by atoms with E-state index in [-0.39, 0.29) is 11.5 Å². The van der Waals surface area contributed by atoms with Gasteiger partial charge in [0, 0.05) is 6.92 Å². The molecule has 3 aromatic rings.